The minimum Gasteiger partial charge on any atom is -0.298 e. The van der Waals surface area contributed by atoms with Gasteiger partial charge in [0.25, 0.3) is 0 Å². The van der Waals surface area contributed by atoms with Crippen molar-refractivity contribution in [2.24, 2.45) is 4.99 Å². The van der Waals surface area contributed by atoms with E-state index in [4.69, 9.17) is 0 Å². The third-order valence-electron chi connectivity index (χ3n) is 1.09. The molecule has 0 amide bonds. The molecule has 10 heavy (non-hydrogen) atoms. The standard InChI is InChI=1S/C8H11NO/c1-4-8(6-10)5-7(2)9-3/h4-6H,3H2,1-2H3. The van der Waals surface area contributed by atoms with Crippen molar-refractivity contribution < 1.29 is 4.79 Å². The second kappa shape index (κ2) is 4.68. The molecule has 0 bridgehead atoms. The fraction of sp³-hybridized carbons (Fsp3) is 0.250. The Bertz CT molecular complexity index is 189. The first-order valence-electron chi connectivity index (χ1n) is 3.01. The monoisotopic (exact) mass is 137 g/mol. The van der Waals surface area contributed by atoms with Crippen LogP contribution in [0.1, 0.15) is 13.8 Å². The van der Waals surface area contributed by atoms with E-state index in [9.17, 15) is 4.79 Å². The molecular weight excluding hydrogens is 126 g/mol. The minimum atomic E-state index is 0.630. The summed E-state index contributed by atoms with van der Waals surface area (Å²) in [5.74, 6) is 0. The molecule has 0 aromatic carbocycles. The molecule has 54 valence electrons. The van der Waals surface area contributed by atoms with Crippen LogP contribution in [0.4, 0.5) is 0 Å². The molecule has 0 aromatic rings. The summed E-state index contributed by atoms with van der Waals surface area (Å²) in [6, 6.07) is 0. The molecule has 0 spiro atoms. The van der Waals surface area contributed by atoms with Crippen molar-refractivity contribution in [1.82, 2.24) is 0 Å². The molecule has 0 aliphatic heterocycles. The topological polar surface area (TPSA) is 29.4 Å². The molecule has 0 rings (SSSR count). The molecule has 0 aromatic heterocycles. The van der Waals surface area contributed by atoms with E-state index in [1.165, 1.54) is 0 Å². The predicted molar refractivity (Wildman–Crippen MR) is 43.1 cm³/mol. The largest absolute Gasteiger partial charge is 0.298 e. The van der Waals surface area contributed by atoms with Gasteiger partial charge in [0.05, 0.1) is 0 Å². The van der Waals surface area contributed by atoms with Crippen LogP contribution < -0.4 is 0 Å². The molecule has 0 N–H and O–H groups in total. The van der Waals surface area contributed by atoms with Crippen LogP contribution in [0.25, 0.3) is 0 Å². The molecule has 0 atom stereocenters. The third kappa shape index (κ3) is 2.97. The highest BCUT2D eigenvalue weighted by atomic mass is 16.1. The van der Waals surface area contributed by atoms with Crippen LogP contribution in [0.2, 0.25) is 0 Å². The van der Waals surface area contributed by atoms with Gasteiger partial charge in [-0.1, -0.05) is 6.08 Å². The number of nitrogens with zero attached hydrogens (tertiary/aromatic N) is 1. The molecule has 0 saturated heterocycles. The molecule has 0 unspecified atom stereocenters. The van der Waals surface area contributed by atoms with E-state index in [0.717, 1.165) is 12.0 Å². The van der Waals surface area contributed by atoms with Crippen LogP contribution in [-0.2, 0) is 4.79 Å². The molecule has 0 heterocycles. The maximum Gasteiger partial charge on any atom is 0.149 e. The van der Waals surface area contributed by atoms with E-state index in [0.29, 0.717) is 5.57 Å². The molecule has 2 heteroatoms. The predicted octanol–water partition coefficient (Wildman–Crippen LogP) is 1.74. The molecule has 0 aliphatic carbocycles. The van der Waals surface area contributed by atoms with Crippen LogP contribution in [0.15, 0.2) is 28.4 Å². The fourth-order valence-corrected chi connectivity index (χ4v) is 0.472. The van der Waals surface area contributed by atoms with E-state index < -0.39 is 0 Å². The molecule has 2 nitrogen and oxygen atoms in total. The first kappa shape index (κ1) is 8.82. The van der Waals surface area contributed by atoms with Gasteiger partial charge in [-0.25, -0.2) is 0 Å². The highest BCUT2D eigenvalue weighted by Crippen LogP contribution is 1.99. The van der Waals surface area contributed by atoms with E-state index >= 15 is 0 Å². The first-order valence-corrected chi connectivity index (χ1v) is 3.01. The Morgan fingerprint density at radius 3 is 2.50 bits per heavy atom. The summed E-state index contributed by atoms with van der Waals surface area (Å²) in [6.07, 6.45) is 4.19. The number of carbonyl (C=O) groups excluding carboxylic acids is 1. The van der Waals surface area contributed by atoms with Crippen molar-refractivity contribution in [3.63, 3.8) is 0 Å². The Hall–Kier alpha value is -1.18. The van der Waals surface area contributed by atoms with Crippen LogP contribution in [0, 0.1) is 0 Å². The van der Waals surface area contributed by atoms with E-state index in [1.54, 1.807) is 26.0 Å². The second-order valence-electron chi connectivity index (χ2n) is 1.85. The van der Waals surface area contributed by atoms with Gasteiger partial charge in [0, 0.05) is 11.3 Å². The van der Waals surface area contributed by atoms with Gasteiger partial charge >= 0.3 is 0 Å². The second-order valence-corrected chi connectivity index (χ2v) is 1.85. The summed E-state index contributed by atoms with van der Waals surface area (Å²) in [4.78, 5) is 13.8. The van der Waals surface area contributed by atoms with Gasteiger partial charge in [-0.05, 0) is 26.6 Å². The zero-order valence-corrected chi connectivity index (χ0v) is 6.29. The number of carbonyl (C=O) groups is 1. The van der Waals surface area contributed by atoms with Crippen molar-refractivity contribution in [2.45, 2.75) is 13.8 Å². The molecule has 0 aliphatic rings. The number of aldehydes is 1. The number of hydrogen-bond donors (Lipinski definition) is 0. The number of allylic oxidation sites excluding steroid dienone is 4. The van der Waals surface area contributed by atoms with Gasteiger partial charge in [0.1, 0.15) is 6.29 Å². The summed E-state index contributed by atoms with van der Waals surface area (Å²) in [5, 5.41) is 0. The normalized spacial score (nSPS) is 13.0. The zero-order valence-electron chi connectivity index (χ0n) is 6.29. The summed E-state index contributed by atoms with van der Waals surface area (Å²) in [5.41, 5.74) is 1.38. The van der Waals surface area contributed by atoms with Gasteiger partial charge in [-0.15, -0.1) is 0 Å². The maximum absolute atomic E-state index is 10.2. The fourth-order valence-electron chi connectivity index (χ4n) is 0.472. The summed E-state index contributed by atoms with van der Waals surface area (Å²) in [7, 11) is 0. The maximum atomic E-state index is 10.2. The van der Waals surface area contributed by atoms with Crippen molar-refractivity contribution in [3.05, 3.63) is 23.4 Å². The van der Waals surface area contributed by atoms with Crippen LogP contribution >= 0.6 is 0 Å². The van der Waals surface area contributed by atoms with Crippen molar-refractivity contribution in [2.75, 3.05) is 0 Å². The molecule has 0 radical (unpaired) electrons. The average Bonchev–Trinajstić information content (AvgIpc) is 1.99. The van der Waals surface area contributed by atoms with Crippen molar-refractivity contribution in [1.29, 1.82) is 0 Å². The lowest BCUT2D eigenvalue weighted by molar-refractivity contribution is -0.104. The minimum absolute atomic E-state index is 0.630. The molecule has 0 fully saturated rings. The van der Waals surface area contributed by atoms with Gasteiger partial charge in [-0.2, -0.15) is 0 Å². The van der Waals surface area contributed by atoms with Crippen LogP contribution in [0.5, 0.6) is 0 Å². The Labute approximate surface area is 61.0 Å². The van der Waals surface area contributed by atoms with E-state index in [2.05, 4.69) is 11.7 Å². The summed E-state index contributed by atoms with van der Waals surface area (Å²) >= 11 is 0. The number of aliphatic imine (C=N–C) groups is 1. The lowest BCUT2D eigenvalue weighted by atomic mass is 10.2. The lowest BCUT2D eigenvalue weighted by Gasteiger charge is -1.89. The average molecular weight is 137 g/mol. The van der Waals surface area contributed by atoms with Gasteiger partial charge in [-0.3, -0.25) is 9.79 Å². The van der Waals surface area contributed by atoms with Gasteiger partial charge in [0.15, 0.2) is 0 Å². The SMILES string of the molecule is C=NC(C)=CC(C=O)=CC. The number of rotatable bonds is 3. The molecular formula is C8H11NO. The van der Waals surface area contributed by atoms with Crippen molar-refractivity contribution in [3.8, 4) is 0 Å². The Morgan fingerprint density at radius 1 is 1.60 bits per heavy atom. The third-order valence-corrected chi connectivity index (χ3v) is 1.09. The van der Waals surface area contributed by atoms with Gasteiger partial charge in [0.2, 0.25) is 0 Å². The van der Waals surface area contributed by atoms with Crippen LogP contribution in [-0.4, -0.2) is 13.0 Å². The Morgan fingerprint density at radius 2 is 2.20 bits per heavy atom. The first-order chi connectivity index (χ1) is 4.74. The Kier molecular flexibility index (Phi) is 4.12. The van der Waals surface area contributed by atoms with Crippen molar-refractivity contribution >= 4 is 13.0 Å². The summed E-state index contributed by atoms with van der Waals surface area (Å²) in [6.45, 7) is 6.91. The zero-order chi connectivity index (χ0) is 7.98. The quantitative estimate of drug-likeness (QED) is 0.252. The van der Waals surface area contributed by atoms with Crippen LogP contribution in [0.3, 0.4) is 0 Å². The smallest absolute Gasteiger partial charge is 0.149 e. The van der Waals surface area contributed by atoms with E-state index in [-0.39, 0.29) is 0 Å². The lowest BCUT2D eigenvalue weighted by Crippen LogP contribution is -1.78. The molecule has 0 saturated carbocycles. The summed E-state index contributed by atoms with van der Waals surface area (Å²) < 4.78 is 0. The highest BCUT2D eigenvalue weighted by Gasteiger charge is 1.86. The highest BCUT2D eigenvalue weighted by molar-refractivity contribution is 5.77. The Balaban J connectivity index is 4.36. The van der Waals surface area contributed by atoms with Gasteiger partial charge < -0.3 is 0 Å². The number of hydrogen-bond acceptors (Lipinski definition) is 2. The van der Waals surface area contributed by atoms with E-state index in [1.807, 2.05) is 0 Å².